The fraction of sp³-hybridized carbons (Fsp3) is 0.188. The lowest BCUT2D eigenvalue weighted by molar-refractivity contribution is 0.0472. The number of ether oxygens (including phenoxy) is 1. The van der Waals surface area contributed by atoms with E-state index in [4.69, 9.17) is 4.74 Å². The fourth-order valence-electron chi connectivity index (χ4n) is 1.97. The molecule has 0 aromatic heterocycles. The van der Waals surface area contributed by atoms with Crippen LogP contribution in [-0.4, -0.2) is 5.97 Å². The highest BCUT2D eigenvalue weighted by molar-refractivity contribution is 5.89. The summed E-state index contributed by atoms with van der Waals surface area (Å²) in [4.78, 5) is 11.8. The van der Waals surface area contributed by atoms with Gasteiger partial charge in [0.25, 0.3) is 0 Å². The molecule has 2 aromatic carbocycles. The van der Waals surface area contributed by atoms with Crippen LogP contribution in [0.4, 0.5) is 4.39 Å². The van der Waals surface area contributed by atoms with Crippen molar-refractivity contribution < 1.29 is 13.9 Å². The van der Waals surface area contributed by atoms with Crippen LogP contribution in [0.3, 0.4) is 0 Å². The largest absolute Gasteiger partial charge is 0.457 e. The van der Waals surface area contributed by atoms with E-state index < -0.39 is 5.97 Å². The first-order valence-electron chi connectivity index (χ1n) is 6.04. The van der Waals surface area contributed by atoms with Crippen molar-refractivity contribution in [3.05, 3.63) is 70.5 Å². The Morgan fingerprint density at radius 3 is 2.21 bits per heavy atom. The summed E-state index contributed by atoms with van der Waals surface area (Å²) in [6.07, 6.45) is 0. The maximum absolute atomic E-state index is 12.7. The highest BCUT2D eigenvalue weighted by atomic mass is 19.1. The molecule has 0 N–H and O–H groups in total. The highest BCUT2D eigenvalue weighted by Gasteiger charge is 2.07. The second kappa shape index (κ2) is 5.65. The molecule has 2 aromatic rings. The Morgan fingerprint density at radius 1 is 1.05 bits per heavy atom. The van der Waals surface area contributed by atoms with Crippen molar-refractivity contribution in [3.63, 3.8) is 0 Å². The van der Waals surface area contributed by atoms with Gasteiger partial charge in [0.1, 0.15) is 12.4 Å². The van der Waals surface area contributed by atoms with Gasteiger partial charge in [-0.15, -0.1) is 0 Å². The van der Waals surface area contributed by atoms with Gasteiger partial charge < -0.3 is 4.74 Å². The van der Waals surface area contributed by atoms with E-state index in [0.29, 0.717) is 5.56 Å². The molecular formula is C16H15FO2. The van der Waals surface area contributed by atoms with Crippen molar-refractivity contribution in [1.29, 1.82) is 0 Å². The molecule has 0 heterocycles. The average Bonchev–Trinajstić information content (AvgIpc) is 2.36. The topological polar surface area (TPSA) is 26.3 Å². The molecule has 0 fully saturated rings. The molecule has 2 rings (SSSR count). The van der Waals surface area contributed by atoms with E-state index in [1.807, 2.05) is 26.0 Å². The average molecular weight is 258 g/mol. The third kappa shape index (κ3) is 3.65. The minimum Gasteiger partial charge on any atom is -0.457 e. The molecule has 0 radical (unpaired) electrons. The zero-order valence-electron chi connectivity index (χ0n) is 10.9. The van der Waals surface area contributed by atoms with Crippen LogP contribution in [0.2, 0.25) is 0 Å². The van der Waals surface area contributed by atoms with Crippen LogP contribution in [0, 0.1) is 19.7 Å². The molecule has 0 aliphatic rings. The zero-order valence-corrected chi connectivity index (χ0v) is 10.9. The van der Waals surface area contributed by atoms with Gasteiger partial charge in [0.2, 0.25) is 0 Å². The first-order chi connectivity index (χ1) is 9.04. The smallest absolute Gasteiger partial charge is 0.338 e. The third-order valence-electron chi connectivity index (χ3n) is 2.73. The number of esters is 1. The predicted octanol–water partition coefficient (Wildman–Crippen LogP) is 3.80. The lowest BCUT2D eigenvalue weighted by Crippen LogP contribution is -2.05. The number of carbonyl (C=O) groups excluding carboxylic acids is 1. The molecule has 0 saturated carbocycles. The van der Waals surface area contributed by atoms with Crippen LogP contribution in [0.15, 0.2) is 42.5 Å². The second-order valence-electron chi connectivity index (χ2n) is 4.58. The van der Waals surface area contributed by atoms with Crippen LogP contribution in [0.5, 0.6) is 0 Å². The van der Waals surface area contributed by atoms with Gasteiger partial charge >= 0.3 is 5.97 Å². The highest BCUT2D eigenvalue weighted by Crippen LogP contribution is 2.11. The lowest BCUT2D eigenvalue weighted by atomic mass is 10.1. The van der Waals surface area contributed by atoms with Crippen molar-refractivity contribution in [2.24, 2.45) is 0 Å². The summed E-state index contributed by atoms with van der Waals surface area (Å²) < 4.78 is 17.9. The SMILES string of the molecule is Cc1cc(C)cc(COC(=O)c2ccc(F)cc2)c1. The second-order valence-corrected chi connectivity index (χ2v) is 4.58. The summed E-state index contributed by atoms with van der Waals surface area (Å²) in [7, 11) is 0. The maximum Gasteiger partial charge on any atom is 0.338 e. The quantitative estimate of drug-likeness (QED) is 0.783. The Morgan fingerprint density at radius 2 is 1.63 bits per heavy atom. The van der Waals surface area contributed by atoms with Crippen molar-refractivity contribution in [2.75, 3.05) is 0 Å². The van der Waals surface area contributed by atoms with E-state index in [1.165, 1.54) is 24.3 Å². The van der Waals surface area contributed by atoms with Crippen molar-refractivity contribution in [2.45, 2.75) is 20.5 Å². The van der Waals surface area contributed by atoms with E-state index in [-0.39, 0.29) is 12.4 Å². The Hall–Kier alpha value is -2.16. The molecule has 0 aliphatic carbocycles. The van der Waals surface area contributed by atoms with E-state index in [1.54, 1.807) is 0 Å². The lowest BCUT2D eigenvalue weighted by Gasteiger charge is -2.07. The van der Waals surface area contributed by atoms with Gasteiger partial charge in [0, 0.05) is 0 Å². The summed E-state index contributed by atoms with van der Waals surface area (Å²) in [5.74, 6) is -0.815. The van der Waals surface area contributed by atoms with Crippen LogP contribution in [0.25, 0.3) is 0 Å². The molecular weight excluding hydrogens is 243 g/mol. The summed E-state index contributed by atoms with van der Waals surface area (Å²) in [5, 5.41) is 0. The minimum absolute atomic E-state index is 0.221. The van der Waals surface area contributed by atoms with Gasteiger partial charge in [0.05, 0.1) is 5.56 Å². The Labute approximate surface area is 111 Å². The van der Waals surface area contributed by atoms with Gasteiger partial charge in [-0.2, -0.15) is 0 Å². The number of carbonyl (C=O) groups is 1. The van der Waals surface area contributed by atoms with Crippen molar-refractivity contribution >= 4 is 5.97 Å². The number of hydrogen-bond donors (Lipinski definition) is 0. The molecule has 0 aliphatic heterocycles. The van der Waals surface area contributed by atoms with Gasteiger partial charge in [-0.1, -0.05) is 29.3 Å². The molecule has 0 amide bonds. The fourth-order valence-corrected chi connectivity index (χ4v) is 1.97. The number of aryl methyl sites for hydroxylation is 2. The van der Waals surface area contributed by atoms with Gasteiger partial charge in [-0.3, -0.25) is 0 Å². The maximum atomic E-state index is 12.7. The number of rotatable bonds is 3. The van der Waals surface area contributed by atoms with E-state index in [9.17, 15) is 9.18 Å². The summed E-state index contributed by atoms with van der Waals surface area (Å²) >= 11 is 0. The first-order valence-corrected chi connectivity index (χ1v) is 6.04. The summed E-state index contributed by atoms with van der Waals surface area (Å²) in [5.41, 5.74) is 3.57. The van der Waals surface area contributed by atoms with E-state index in [0.717, 1.165) is 16.7 Å². The number of benzene rings is 2. The third-order valence-corrected chi connectivity index (χ3v) is 2.73. The van der Waals surface area contributed by atoms with Gasteiger partial charge in [0.15, 0.2) is 0 Å². The summed E-state index contributed by atoms with van der Waals surface area (Å²) in [6.45, 7) is 4.22. The van der Waals surface area contributed by atoms with Gasteiger partial charge in [-0.25, -0.2) is 9.18 Å². The van der Waals surface area contributed by atoms with E-state index in [2.05, 4.69) is 6.07 Å². The predicted molar refractivity (Wildman–Crippen MR) is 71.4 cm³/mol. The molecule has 3 heteroatoms. The first kappa shape index (κ1) is 13.3. The van der Waals surface area contributed by atoms with E-state index >= 15 is 0 Å². The Kier molecular flexibility index (Phi) is 3.95. The van der Waals surface area contributed by atoms with Crippen molar-refractivity contribution in [1.82, 2.24) is 0 Å². The monoisotopic (exact) mass is 258 g/mol. The Balaban J connectivity index is 2.02. The standard InChI is InChI=1S/C16H15FO2/c1-11-7-12(2)9-13(8-11)10-19-16(18)14-3-5-15(17)6-4-14/h3-9H,10H2,1-2H3. The van der Waals surface area contributed by atoms with Gasteiger partial charge in [-0.05, 0) is 43.7 Å². The zero-order chi connectivity index (χ0) is 13.8. The van der Waals surface area contributed by atoms with Crippen molar-refractivity contribution in [3.8, 4) is 0 Å². The molecule has 0 unspecified atom stereocenters. The van der Waals surface area contributed by atoms with Crippen LogP contribution in [0.1, 0.15) is 27.0 Å². The Bertz CT molecular complexity index is 568. The molecule has 0 spiro atoms. The molecule has 98 valence electrons. The number of hydrogen-bond acceptors (Lipinski definition) is 2. The molecule has 0 bridgehead atoms. The normalized spacial score (nSPS) is 10.3. The minimum atomic E-state index is -0.445. The summed E-state index contributed by atoms with van der Waals surface area (Å²) in [6, 6.07) is 11.3. The van der Waals surface area contributed by atoms with Crippen LogP contribution < -0.4 is 0 Å². The molecule has 0 saturated heterocycles. The van der Waals surface area contributed by atoms with Crippen LogP contribution >= 0.6 is 0 Å². The molecule has 19 heavy (non-hydrogen) atoms. The van der Waals surface area contributed by atoms with Crippen LogP contribution in [-0.2, 0) is 11.3 Å². The molecule has 0 atom stereocenters. The molecule has 2 nitrogen and oxygen atoms in total. The number of halogens is 1.